The van der Waals surface area contributed by atoms with Gasteiger partial charge >= 0.3 is 5.97 Å². The van der Waals surface area contributed by atoms with Gasteiger partial charge in [0.1, 0.15) is 18.1 Å². The van der Waals surface area contributed by atoms with Crippen molar-refractivity contribution in [2.75, 3.05) is 12.3 Å². The number of thiol groups is 1. The zero-order chi connectivity index (χ0) is 31.3. The van der Waals surface area contributed by atoms with Crippen molar-refractivity contribution in [2.45, 2.75) is 62.6 Å². The Morgan fingerprint density at radius 3 is 2.07 bits per heavy atom. The summed E-state index contributed by atoms with van der Waals surface area (Å²) in [7, 11) is -4.17. The molecule has 0 aliphatic carbocycles. The summed E-state index contributed by atoms with van der Waals surface area (Å²) >= 11 is 10.3. The van der Waals surface area contributed by atoms with E-state index in [4.69, 9.17) is 16.7 Å². The summed E-state index contributed by atoms with van der Waals surface area (Å²) in [6.07, 6.45) is -0.202. The van der Waals surface area contributed by atoms with Crippen LogP contribution in [0.2, 0.25) is 5.02 Å². The molecule has 2 aromatic rings. The Morgan fingerprint density at radius 2 is 1.48 bits per heavy atom. The van der Waals surface area contributed by atoms with Crippen LogP contribution >= 0.6 is 24.2 Å². The average molecular weight is 641 g/mol. The summed E-state index contributed by atoms with van der Waals surface area (Å²) in [5.41, 5.74) is 0.853. The summed E-state index contributed by atoms with van der Waals surface area (Å²) in [5, 5.41) is 17.6. The maximum atomic E-state index is 13.2. The minimum atomic E-state index is -4.17. The van der Waals surface area contributed by atoms with Crippen LogP contribution in [0.1, 0.15) is 38.7 Å². The summed E-state index contributed by atoms with van der Waals surface area (Å²) in [6, 6.07) is 10.9. The Balaban J connectivity index is 2.11. The number of nitrogens with one attached hydrogen (secondary N) is 4. The lowest BCUT2D eigenvalue weighted by atomic mass is 10.0. The molecule has 0 radical (unpaired) electrons. The Kier molecular flexibility index (Phi) is 14.3. The van der Waals surface area contributed by atoms with Crippen LogP contribution in [0, 0.1) is 5.92 Å². The number of hydrogen-bond donors (Lipinski definition) is 6. The van der Waals surface area contributed by atoms with Crippen LogP contribution in [0.5, 0.6) is 0 Å². The molecular weight excluding hydrogens is 604 g/mol. The van der Waals surface area contributed by atoms with E-state index in [2.05, 4.69) is 33.3 Å². The SMILES string of the molecule is CC(C)C[C@H](NC(=O)[C@H](CCC(=O)O)NS(=O)(=O)c1ccccc1)C(=O)N[C@@H](CS)C(=O)NCCc1ccccc1Cl. The van der Waals surface area contributed by atoms with E-state index in [9.17, 15) is 27.6 Å². The molecule has 3 atom stereocenters. The largest absolute Gasteiger partial charge is 0.481 e. The maximum Gasteiger partial charge on any atom is 0.303 e. The Labute approximate surface area is 256 Å². The van der Waals surface area contributed by atoms with E-state index < -0.39 is 58.3 Å². The van der Waals surface area contributed by atoms with Crippen LogP contribution in [0.15, 0.2) is 59.5 Å². The van der Waals surface area contributed by atoms with Gasteiger partial charge in [-0.3, -0.25) is 19.2 Å². The topological polar surface area (TPSA) is 171 Å². The van der Waals surface area contributed by atoms with Crippen LogP contribution in [-0.4, -0.2) is 67.6 Å². The molecule has 0 aliphatic rings. The quantitative estimate of drug-likeness (QED) is 0.144. The van der Waals surface area contributed by atoms with Crippen LogP contribution in [0.25, 0.3) is 0 Å². The summed E-state index contributed by atoms with van der Waals surface area (Å²) in [4.78, 5) is 50.3. The normalized spacial score (nSPS) is 13.5. The second-order valence-corrected chi connectivity index (χ2v) is 12.5. The lowest BCUT2D eigenvalue weighted by Gasteiger charge is -2.25. The molecule has 0 unspecified atom stereocenters. The van der Waals surface area contributed by atoms with Crippen molar-refractivity contribution < 1.29 is 32.7 Å². The number of carbonyl (C=O) groups is 4. The molecule has 14 heteroatoms. The highest BCUT2D eigenvalue weighted by Gasteiger charge is 2.31. The summed E-state index contributed by atoms with van der Waals surface area (Å²) < 4.78 is 28.0. The molecule has 0 saturated heterocycles. The molecular formula is C28H37ClN4O7S2. The minimum absolute atomic E-state index is 0.0237. The van der Waals surface area contributed by atoms with E-state index in [1.807, 2.05) is 26.0 Å². The molecule has 0 heterocycles. The molecule has 0 fully saturated rings. The average Bonchev–Trinajstić information content (AvgIpc) is 2.94. The maximum absolute atomic E-state index is 13.2. The number of hydrogen-bond acceptors (Lipinski definition) is 7. The van der Waals surface area contributed by atoms with Crippen LogP contribution in [-0.2, 0) is 35.6 Å². The van der Waals surface area contributed by atoms with Crippen LogP contribution in [0.3, 0.4) is 0 Å². The summed E-state index contributed by atoms with van der Waals surface area (Å²) in [5.74, 6) is -3.33. The molecule has 0 aromatic heterocycles. The first-order valence-electron chi connectivity index (χ1n) is 13.4. The zero-order valence-corrected chi connectivity index (χ0v) is 25.8. The van der Waals surface area contributed by atoms with Gasteiger partial charge in [0.2, 0.25) is 27.7 Å². The van der Waals surface area contributed by atoms with E-state index in [1.165, 1.54) is 24.3 Å². The highest BCUT2D eigenvalue weighted by molar-refractivity contribution is 7.89. The fourth-order valence-corrected chi connectivity index (χ4v) is 5.69. The van der Waals surface area contributed by atoms with Gasteiger partial charge < -0.3 is 21.1 Å². The predicted molar refractivity (Wildman–Crippen MR) is 163 cm³/mol. The van der Waals surface area contributed by atoms with E-state index in [0.29, 0.717) is 11.4 Å². The van der Waals surface area contributed by atoms with Gasteiger partial charge in [0.05, 0.1) is 4.90 Å². The van der Waals surface area contributed by atoms with Crippen LogP contribution in [0.4, 0.5) is 0 Å². The number of sulfonamides is 1. The van der Waals surface area contributed by atoms with Crippen molar-refractivity contribution in [3.63, 3.8) is 0 Å². The molecule has 3 amide bonds. The van der Waals surface area contributed by atoms with Crippen molar-refractivity contribution in [1.82, 2.24) is 20.7 Å². The Morgan fingerprint density at radius 1 is 0.881 bits per heavy atom. The van der Waals surface area contributed by atoms with Crippen molar-refractivity contribution >= 4 is 57.9 Å². The fraction of sp³-hybridized carbons (Fsp3) is 0.429. The zero-order valence-electron chi connectivity index (χ0n) is 23.4. The fourth-order valence-electron chi connectivity index (χ4n) is 3.95. The van der Waals surface area contributed by atoms with E-state index in [1.54, 1.807) is 18.2 Å². The number of rotatable bonds is 17. The Hall–Kier alpha value is -3.13. The van der Waals surface area contributed by atoms with Crippen molar-refractivity contribution in [3.8, 4) is 0 Å². The standard InChI is InChI=1S/C28H37ClN4O7S2/c1-18(2)16-23(28(38)32-24(17-41)26(36)30-15-14-19-8-6-7-11-21(19)29)31-27(37)22(12-13-25(34)35)33-42(39,40)20-9-4-3-5-10-20/h3-11,18,22-24,33,41H,12-17H2,1-2H3,(H,30,36)(H,31,37)(H,32,38)(H,34,35)/t22-,23-,24-/m0/s1. The van der Waals surface area contributed by atoms with Gasteiger partial charge in [-0.1, -0.05) is 61.8 Å². The second kappa shape index (κ2) is 17.1. The number of carboxylic acid groups (broad SMARTS) is 1. The minimum Gasteiger partial charge on any atom is -0.481 e. The van der Waals surface area contributed by atoms with Gasteiger partial charge in [0, 0.05) is 23.7 Å². The lowest BCUT2D eigenvalue weighted by molar-refractivity contribution is -0.137. The number of benzene rings is 2. The molecule has 230 valence electrons. The molecule has 11 nitrogen and oxygen atoms in total. The van der Waals surface area contributed by atoms with E-state index >= 15 is 0 Å². The molecule has 2 aromatic carbocycles. The van der Waals surface area contributed by atoms with Gasteiger partial charge in [0.15, 0.2) is 0 Å². The third-order valence-electron chi connectivity index (χ3n) is 6.12. The third-order valence-corrected chi connectivity index (χ3v) is 8.34. The van der Waals surface area contributed by atoms with Crippen molar-refractivity contribution in [2.24, 2.45) is 5.92 Å². The second-order valence-electron chi connectivity index (χ2n) is 9.99. The highest BCUT2D eigenvalue weighted by Crippen LogP contribution is 2.15. The third kappa shape index (κ3) is 11.6. The molecule has 0 saturated carbocycles. The van der Waals surface area contributed by atoms with Crippen molar-refractivity contribution in [1.29, 1.82) is 0 Å². The molecule has 0 bridgehead atoms. The van der Waals surface area contributed by atoms with Gasteiger partial charge in [0.25, 0.3) is 0 Å². The van der Waals surface area contributed by atoms with Gasteiger partial charge in [-0.05, 0) is 48.9 Å². The number of aliphatic carboxylic acids is 1. The lowest BCUT2D eigenvalue weighted by Crippen LogP contribution is -2.57. The van der Waals surface area contributed by atoms with Gasteiger partial charge in [-0.2, -0.15) is 17.4 Å². The summed E-state index contributed by atoms with van der Waals surface area (Å²) in [6.45, 7) is 3.91. The van der Waals surface area contributed by atoms with Crippen LogP contribution < -0.4 is 20.7 Å². The monoisotopic (exact) mass is 640 g/mol. The first kappa shape index (κ1) is 35.1. The number of amides is 3. The van der Waals surface area contributed by atoms with Gasteiger partial charge in [-0.15, -0.1) is 0 Å². The number of carbonyl (C=O) groups excluding carboxylic acids is 3. The number of halogens is 1. The first-order chi connectivity index (χ1) is 19.8. The number of carboxylic acids is 1. The van der Waals surface area contributed by atoms with E-state index in [-0.39, 0.29) is 36.0 Å². The first-order valence-corrected chi connectivity index (χ1v) is 15.8. The van der Waals surface area contributed by atoms with E-state index in [0.717, 1.165) is 5.56 Å². The molecule has 0 aliphatic heterocycles. The molecule has 42 heavy (non-hydrogen) atoms. The van der Waals surface area contributed by atoms with Crippen molar-refractivity contribution in [3.05, 3.63) is 65.2 Å². The smallest absolute Gasteiger partial charge is 0.303 e. The predicted octanol–water partition coefficient (Wildman–Crippen LogP) is 2.16. The van der Waals surface area contributed by atoms with Gasteiger partial charge in [-0.25, -0.2) is 8.42 Å². The Bertz CT molecular complexity index is 1330. The molecule has 0 spiro atoms. The highest BCUT2D eigenvalue weighted by atomic mass is 35.5. The molecule has 5 N–H and O–H groups in total. The molecule has 2 rings (SSSR count).